The van der Waals surface area contributed by atoms with E-state index in [0.717, 1.165) is 56.7 Å². The summed E-state index contributed by atoms with van der Waals surface area (Å²) in [6.45, 7) is 11.9. The number of rotatable bonds is 14. The van der Waals surface area contributed by atoms with Crippen molar-refractivity contribution in [3.63, 3.8) is 0 Å². The summed E-state index contributed by atoms with van der Waals surface area (Å²) in [6, 6.07) is 0. The van der Waals surface area contributed by atoms with E-state index in [2.05, 4.69) is 25.7 Å². The SMILES string of the molecule is [CH2]C(COC(=O)CCCN(CCC)CCC)COC(=O)CC12CC3CC(CC(C3)C1)C2. The van der Waals surface area contributed by atoms with Crippen LogP contribution in [-0.2, 0) is 19.1 Å². The highest BCUT2D eigenvalue weighted by Gasteiger charge is 2.51. The van der Waals surface area contributed by atoms with Crippen LogP contribution < -0.4 is 0 Å². The molecule has 4 aliphatic carbocycles. The molecule has 4 bridgehead atoms. The van der Waals surface area contributed by atoms with E-state index in [1.54, 1.807) is 0 Å². The van der Waals surface area contributed by atoms with Crippen LogP contribution in [0.2, 0.25) is 0 Å². The molecule has 0 aromatic rings. The number of carbonyl (C=O) groups is 2. The van der Waals surface area contributed by atoms with Gasteiger partial charge in [-0.05, 0) is 108 Å². The Bertz CT molecular complexity index is 549. The Morgan fingerprint density at radius 2 is 1.42 bits per heavy atom. The number of ether oxygens (including phenoxy) is 2. The van der Waals surface area contributed by atoms with E-state index >= 15 is 0 Å². The molecule has 0 aromatic carbocycles. The van der Waals surface area contributed by atoms with Crippen molar-refractivity contribution in [1.29, 1.82) is 0 Å². The van der Waals surface area contributed by atoms with Crippen LogP contribution in [0, 0.1) is 36.0 Å². The van der Waals surface area contributed by atoms with Crippen molar-refractivity contribution in [3.8, 4) is 0 Å². The first-order valence-corrected chi connectivity index (χ1v) is 12.8. The Morgan fingerprint density at radius 3 is 1.94 bits per heavy atom. The molecule has 4 rings (SSSR count). The predicted molar refractivity (Wildman–Crippen MR) is 122 cm³/mol. The number of carbonyl (C=O) groups excluding carboxylic acids is 2. The van der Waals surface area contributed by atoms with Crippen LogP contribution in [-0.4, -0.2) is 49.7 Å². The molecule has 1 atom stereocenters. The monoisotopic (exact) mass is 434 g/mol. The van der Waals surface area contributed by atoms with Crippen LogP contribution >= 0.6 is 0 Å². The Morgan fingerprint density at radius 1 is 0.903 bits per heavy atom. The van der Waals surface area contributed by atoms with Crippen molar-refractivity contribution in [1.82, 2.24) is 4.90 Å². The first-order chi connectivity index (χ1) is 14.9. The molecular weight excluding hydrogens is 390 g/mol. The first kappa shape index (κ1) is 24.5. The summed E-state index contributed by atoms with van der Waals surface area (Å²) in [4.78, 5) is 26.9. The average molecular weight is 435 g/mol. The van der Waals surface area contributed by atoms with Crippen LogP contribution in [0.4, 0.5) is 0 Å². The number of hydrogen-bond acceptors (Lipinski definition) is 5. The number of esters is 2. The van der Waals surface area contributed by atoms with Gasteiger partial charge in [0.2, 0.25) is 0 Å². The van der Waals surface area contributed by atoms with E-state index in [9.17, 15) is 9.59 Å². The molecule has 0 spiro atoms. The molecule has 1 unspecified atom stereocenters. The molecule has 1 radical (unpaired) electrons. The minimum Gasteiger partial charge on any atom is -0.465 e. The van der Waals surface area contributed by atoms with Gasteiger partial charge >= 0.3 is 11.9 Å². The third-order valence-electron chi connectivity index (χ3n) is 7.58. The van der Waals surface area contributed by atoms with Gasteiger partial charge in [-0.3, -0.25) is 9.59 Å². The maximum Gasteiger partial charge on any atom is 0.306 e. The summed E-state index contributed by atoms with van der Waals surface area (Å²) in [7, 11) is 0. The molecule has 4 fully saturated rings. The van der Waals surface area contributed by atoms with Gasteiger partial charge in [-0.2, -0.15) is 0 Å². The van der Waals surface area contributed by atoms with Gasteiger partial charge in [-0.1, -0.05) is 13.8 Å². The molecular formula is C26H44NO4. The molecule has 0 amide bonds. The summed E-state index contributed by atoms with van der Waals surface area (Å²) in [5.41, 5.74) is 0.207. The summed E-state index contributed by atoms with van der Waals surface area (Å²) in [6.07, 6.45) is 11.9. The normalized spacial score (nSPS) is 29.9. The van der Waals surface area contributed by atoms with Gasteiger partial charge < -0.3 is 14.4 Å². The fourth-order valence-electron chi connectivity index (χ4n) is 6.82. The Balaban J connectivity index is 1.27. The second-order valence-corrected chi connectivity index (χ2v) is 10.8. The van der Waals surface area contributed by atoms with E-state index in [1.807, 2.05) is 0 Å². The van der Waals surface area contributed by atoms with Crippen molar-refractivity contribution >= 4 is 11.9 Å². The molecule has 0 heterocycles. The summed E-state index contributed by atoms with van der Waals surface area (Å²) in [5.74, 6) is 2.05. The fourth-order valence-corrected chi connectivity index (χ4v) is 6.82. The minimum atomic E-state index is -0.207. The molecule has 177 valence electrons. The van der Waals surface area contributed by atoms with Gasteiger partial charge in [0.05, 0.1) is 19.6 Å². The van der Waals surface area contributed by atoms with Crippen LogP contribution in [0.1, 0.15) is 84.5 Å². The molecule has 5 nitrogen and oxygen atoms in total. The lowest BCUT2D eigenvalue weighted by atomic mass is 9.49. The zero-order chi connectivity index (χ0) is 22.3. The molecule has 4 aliphatic rings. The second kappa shape index (κ2) is 11.7. The van der Waals surface area contributed by atoms with Gasteiger partial charge in [0, 0.05) is 12.3 Å². The number of hydrogen-bond donors (Lipinski definition) is 0. The van der Waals surface area contributed by atoms with Crippen LogP contribution in [0.3, 0.4) is 0 Å². The number of nitrogens with zero attached hydrogens (tertiary/aromatic N) is 1. The maximum absolute atomic E-state index is 12.5. The van der Waals surface area contributed by atoms with Crippen LogP contribution in [0.5, 0.6) is 0 Å². The summed E-state index contributed by atoms with van der Waals surface area (Å²) >= 11 is 0. The predicted octanol–water partition coefficient (Wildman–Crippen LogP) is 5.03. The lowest BCUT2D eigenvalue weighted by Gasteiger charge is -2.56. The Labute approximate surface area is 189 Å². The maximum atomic E-state index is 12.5. The van der Waals surface area contributed by atoms with Crippen molar-refractivity contribution < 1.29 is 19.1 Å². The standard InChI is InChI=1S/C26H44NO4/c1-4-8-27(9-5-2)10-6-7-24(28)30-18-20(3)19-31-25(29)17-26-14-21-11-22(15-26)13-23(12-21)16-26/h20-23H,3-19H2,1-2H3. The van der Waals surface area contributed by atoms with E-state index in [1.165, 1.54) is 38.5 Å². The summed E-state index contributed by atoms with van der Waals surface area (Å²) < 4.78 is 10.9. The van der Waals surface area contributed by atoms with Gasteiger partial charge in [-0.25, -0.2) is 0 Å². The highest BCUT2D eigenvalue weighted by atomic mass is 16.5. The van der Waals surface area contributed by atoms with Crippen molar-refractivity contribution in [2.45, 2.75) is 84.5 Å². The molecule has 0 aromatic heterocycles. The minimum absolute atomic E-state index is 0.0890. The van der Waals surface area contributed by atoms with Gasteiger partial charge in [0.1, 0.15) is 0 Å². The van der Waals surface area contributed by atoms with Crippen LogP contribution in [0.25, 0.3) is 0 Å². The first-order valence-electron chi connectivity index (χ1n) is 12.8. The lowest BCUT2D eigenvalue weighted by molar-refractivity contribution is -0.154. The van der Waals surface area contributed by atoms with E-state index in [-0.39, 0.29) is 36.5 Å². The molecule has 31 heavy (non-hydrogen) atoms. The van der Waals surface area contributed by atoms with Gasteiger partial charge in [0.25, 0.3) is 0 Å². The largest absolute Gasteiger partial charge is 0.465 e. The Kier molecular flexibility index (Phi) is 9.24. The highest BCUT2D eigenvalue weighted by molar-refractivity contribution is 5.70. The average Bonchev–Trinajstić information content (AvgIpc) is 2.69. The third-order valence-corrected chi connectivity index (χ3v) is 7.58. The van der Waals surface area contributed by atoms with Crippen molar-refractivity contribution in [2.24, 2.45) is 29.1 Å². The fraction of sp³-hybridized carbons (Fsp3) is 0.885. The Hall–Kier alpha value is -1.10. The van der Waals surface area contributed by atoms with E-state index < -0.39 is 0 Å². The molecule has 0 N–H and O–H groups in total. The molecule has 4 saturated carbocycles. The van der Waals surface area contributed by atoms with Crippen LogP contribution in [0.15, 0.2) is 0 Å². The topological polar surface area (TPSA) is 55.8 Å². The highest BCUT2D eigenvalue weighted by Crippen LogP contribution is 2.61. The third kappa shape index (κ3) is 7.47. The summed E-state index contributed by atoms with van der Waals surface area (Å²) in [5, 5.41) is 0. The van der Waals surface area contributed by atoms with E-state index in [4.69, 9.17) is 9.47 Å². The van der Waals surface area contributed by atoms with Gasteiger partial charge in [-0.15, -0.1) is 0 Å². The van der Waals surface area contributed by atoms with Crippen molar-refractivity contribution in [3.05, 3.63) is 6.92 Å². The van der Waals surface area contributed by atoms with Gasteiger partial charge in [0.15, 0.2) is 0 Å². The molecule has 0 aliphatic heterocycles. The lowest BCUT2D eigenvalue weighted by Crippen LogP contribution is -2.47. The molecule has 0 saturated heterocycles. The van der Waals surface area contributed by atoms with E-state index in [0.29, 0.717) is 12.8 Å². The zero-order valence-electron chi connectivity index (χ0n) is 19.9. The quantitative estimate of drug-likeness (QED) is 0.359. The smallest absolute Gasteiger partial charge is 0.306 e. The zero-order valence-corrected chi connectivity index (χ0v) is 19.9. The van der Waals surface area contributed by atoms with Crippen molar-refractivity contribution in [2.75, 3.05) is 32.8 Å². The molecule has 5 heteroatoms. The second-order valence-electron chi connectivity index (χ2n) is 10.8.